The molecule has 7 heteroatoms. The van der Waals surface area contributed by atoms with Crippen molar-refractivity contribution in [1.29, 1.82) is 0 Å². The molecule has 0 radical (unpaired) electrons. The maximum atomic E-state index is 13.3. The van der Waals surface area contributed by atoms with Gasteiger partial charge < -0.3 is 10.0 Å². The van der Waals surface area contributed by atoms with Crippen molar-refractivity contribution in [3.63, 3.8) is 0 Å². The predicted molar refractivity (Wildman–Crippen MR) is 113 cm³/mol. The van der Waals surface area contributed by atoms with Crippen LogP contribution in [0.2, 0.25) is 5.02 Å². The summed E-state index contributed by atoms with van der Waals surface area (Å²) in [5.74, 6) is -1.36. The second-order valence-electron chi connectivity index (χ2n) is 7.86. The van der Waals surface area contributed by atoms with Gasteiger partial charge in [0.1, 0.15) is 0 Å². The lowest BCUT2D eigenvalue weighted by Crippen LogP contribution is -2.52. The quantitative estimate of drug-likeness (QED) is 0.586. The molecule has 0 aromatic heterocycles. The smallest absolute Gasteiger partial charge is 0.304 e. The van der Waals surface area contributed by atoms with E-state index in [2.05, 4.69) is 18.3 Å². The molecule has 1 N–H and O–H groups in total. The topological polar surface area (TPSA) is 60.9 Å². The van der Waals surface area contributed by atoms with Crippen molar-refractivity contribution in [2.24, 2.45) is 5.92 Å². The highest BCUT2D eigenvalue weighted by Gasteiger charge is 2.40. The van der Waals surface area contributed by atoms with E-state index in [0.29, 0.717) is 16.7 Å². The zero-order chi connectivity index (χ0) is 20.3. The molecular formula is C21H29ClN2O3S. The van der Waals surface area contributed by atoms with Crippen molar-refractivity contribution < 1.29 is 14.7 Å². The van der Waals surface area contributed by atoms with Gasteiger partial charge in [0.25, 0.3) is 0 Å². The van der Waals surface area contributed by atoms with Crippen LogP contribution < -0.4 is 0 Å². The summed E-state index contributed by atoms with van der Waals surface area (Å²) in [6, 6.07) is 7.72. The van der Waals surface area contributed by atoms with E-state index >= 15 is 0 Å². The van der Waals surface area contributed by atoms with E-state index in [9.17, 15) is 14.7 Å². The molecule has 154 valence electrons. The van der Waals surface area contributed by atoms with Crippen molar-refractivity contribution in [2.45, 2.75) is 62.8 Å². The van der Waals surface area contributed by atoms with Crippen LogP contribution in [0, 0.1) is 5.92 Å². The van der Waals surface area contributed by atoms with Crippen LogP contribution in [0.25, 0.3) is 0 Å². The van der Waals surface area contributed by atoms with Gasteiger partial charge in [-0.1, -0.05) is 42.6 Å². The van der Waals surface area contributed by atoms with Crippen LogP contribution in [0.4, 0.5) is 0 Å². The number of benzene rings is 1. The van der Waals surface area contributed by atoms with Gasteiger partial charge in [0.05, 0.1) is 12.5 Å². The number of carbonyl (C=O) groups excluding carboxylic acids is 1. The summed E-state index contributed by atoms with van der Waals surface area (Å²) < 4.78 is 2.25. The average Bonchev–Trinajstić information content (AvgIpc) is 3.46. The highest BCUT2D eigenvalue weighted by atomic mass is 35.5. The first-order valence-electron chi connectivity index (χ1n) is 10.1. The summed E-state index contributed by atoms with van der Waals surface area (Å²) in [4.78, 5) is 26.6. The number of carbonyl (C=O) groups is 2. The zero-order valence-corrected chi connectivity index (χ0v) is 18.1. The lowest BCUT2D eigenvalue weighted by atomic mass is 9.85. The second kappa shape index (κ2) is 9.51. The third kappa shape index (κ3) is 5.43. The summed E-state index contributed by atoms with van der Waals surface area (Å²) in [6.45, 7) is 2.89. The van der Waals surface area contributed by atoms with Crippen molar-refractivity contribution in [3.8, 4) is 0 Å². The second-order valence-corrected chi connectivity index (χ2v) is 9.80. The van der Waals surface area contributed by atoms with E-state index in [4.69, 9.17) is 11.6 Å². The summed E-state index contributed by atoms with van der Waals surface area (Å²) in [5, 5.41) is 10.6. The number of likely N-dealkylation sites (N-methyl/N-ethyl adjacent to an activating group) is 1. The van der Waals surface area contributed by atoms with Crippen LogP contribution in [0.3, 0.4) is 0 Å². The summed E-state index contributed by atoms with van der Waals surface area (Å²) in [7, 11) is 2.09. The van der Waals surface area contributed by atoms with Gasteiger partial charge in [0.15, 0.2) is 0 Å². The fourth-order valence-corrected chi connectivity index (χ4v) is 5.25. The van der Waals surface area contributed by atoms with Crippen molar-refractivity contribution in [3.05, 3.63) is 34.9 Å². The van der Waals surface area contributed by atoms with E-state index in [1.54, 1.807) is 0 Å². The Morgan fingerprint density at radius 3 is 2.54 bits per heavy atom. The number of hydrogen-bond acceptors (Lipinski definition) is 4. The maximum Gasteiger partial charge on any atom is 0.304 e. The van der Waals surface area contributed by atoms with Gasteiger partial charge in [-0.2, -0.15) is 0 Å². The number of carboxylic acid groups (broad SMARTS) is 1. The molecular weight excluding hydrogens is 396 g/mol. The van der Waals surface area contributed by atoms with Gasteiger partial charge in [0.2, 0.25) is 5.91 Å². The van der Waals surface area contributed by atoms with E-state index < -0.39 is 11.9 Å². The standard InChI is InChI=1S/C21H29ClN2O3S/c1-3-17(13-23(2)28-18-9-10-18)24-19(14-4-7-16(22)8-5-14)11-6-15(21(24)27)12-20(25)26/h4-5,7-8,15,17-19H,3,6,9-13H2,1-2H3,(H,25,26). The van der Waals surface area contributed by atoms with Gasteiger partial charge in [-0.25, -0.2) is 0 Å². The van der Waals surface area contributed by atoms with Crippen LogP contribution in [-0.4, -0.2) is 51.1 Å². The van der Waals surface area contributed by atoms with Crippen LogP contribution in [0.5, 0.6) is 0 Å². The Kier molecular flexibility index (Phi) is 7.29. The Labute approximate surface area is 176 Å². The summed E-state index contributed by atoms with van der Waals surface area (Å²) >= 11 is 7.92. The Morgan fingerprint density at radius 2 is 1.96 bits per heavy atom. The zero-order valence-electron chi connectivity index (χ0n) is 16.5. The number of carboxylic acids is 1. The predicted octanol–water partition coefficient (Wildman–Crippen LogP) is 4.62. The molecule has 0 spiro atoms. The van der Waals surface area contributed by atoms with Crippen molar-refractivity contribution >= 4 is 35.4 Å². The highest BCUT2D eigenvalue weighted by molar-refractivity contribution is 7.97. The molecule has 1 aromatic carbocycles. The van der Waals surface area contributed by atoms with Gasteiger partial charge in [-0.05, 0) is 56.8 Å². The lowest BCUT2D eigenvalue weighted by molar-refractivity contribution is -0.151. The number of likely N-dealkylation sites (tertiary alicyclic amines) is 1. The lowest BCUT2D eigenvalue weighted by Gasteiger charge is -2.44. The highest BCUT2D eigenvalue weighted by Crippen LogP contribution is 2.40. The van der Waals surface area contributed by atoms with E-state index in [-0.39, 0.29) is 24.4 Å². The first-order valence-corrected chi connectivity index (χ1v) is 11.3. The van der Waals surface area contributed by atoms with Crippen LogP contribution in [0.1, 0.15) is 57.1 Å². The molecule has 2 fully saturated rings. The molecule has 1 saturated heterocycles. The minimum Gasteiger partial charge on any atom is -0.481 e. The van der Waals surface area contributed by atoms with Crippen molar-refractivity contribution in [1.82, 2.24) is 9.21 Å². The minimum absolute atomic E-state index is 0.0229. The number of amides is 1. The molecule has 3 rings (SSSR count). The number of halogens is 1. The monoisotopic (exact) mass is 424 g/mol. The minimum atomic E-state index is -0.905. The third-order valence-electron chi connectivity index (χ3n) is 5.59. The molecule has 1 amide bonds. The third-order valence-corrected chi connectivity index (χ3v) is 7.12. The SMILES string of the molecule is CCC(CN(C)SC1CC1)N1C(=O)C(CC(=O)O)CCC1c1ccc(Cl)cc1. The van der Waals surface area contributed by atoms with Gasteiger partial charge in [-0.3, -0.25) is 13.9 Å². The number of rotatable bonds is 9. The fourth-order valence-electron chi connectivity index (χ4n) is 4.01. The number of hydrogen-bond donors (Lipinski definition) is 1. The number of aliphatic carboxylic acids is 1. The molecule has 3 atom stereocenters. The molecule has 28 heavy (non-hydrogen) atoms. The maximum absolute atomic E-state index is 13.3. The van der Waals surface area contributed by atoms with E-state index in [1.165, 1.54) is 12.8 Å². The van der Waals surface area contributed by atoms with E-state index in [1.807, 2.05) is 41.1 Å². The molecule has 1 saturated carbocycles. The van der Waals surface area contributed by atoms with Gasteiger partial charge in [0, 0.05) is 28.8 Å². The molecule has 0 bridgehead atoms. The first-order chi connectivity index (χ1) is 13.4. The Hall–Kier alpha value is -1.24. The Bertz CT molecular complexity index is 695. The fraction of sp³-hybridized carbons (Fsp3) is 0.619. The summed E-state index contributed by atoms with van der Waals surface area (Å²) in [5.41, 5.74) is 1.07. The first kappa shape index (κ1) is 21.5. The molecule has 3 unspecified atom stereocenters. The van der Waals surface area contributed by atoms with Crippen molar-refractivity contribution in [2.75, 3.05) is 13.6 Å². The molecule has 1 aliphatic carbocycles. The molecule has 1 aliphatic heterocycles. The average molecular weight is 425 g/mol. The molecule has 1 aromatic rings. The molecule has 5 nitrogen and oxygen atoms in total. The largest absolute Gasteiger partial charge is 0.481 e. The Balaban J connectivity index is 1.83. The van der Waals surface area contributed by atoms with Crippen LogP contribution >= 0.6 is 23.5 Å². The van der Waals surface area contributed by atoms with Crippen LogP contribution in [-0.2, 0) is 9.59 Å². The van der Waals surface area contributed by atoms with Crippen LogP contribution in [0.15, 0.2) is 24.3 Å². The van der Waals surface area contributed by atoms with E-state index in [0.717, 1.165) is 24.9 Å². The Morgan fingerprint density at radius 1 is 1.29 bits per heavy atom. The number of piperidine rings is 1. The summed E-state index contributed by atoms with van der Waals surface area (Å²) in [6.07, 6.45) is 4.67. The normalized spacial score (nSPS) is 23.9. The van der Waals surface area contributed by atoms with Gasteiger partial charge >= 0.3 is 5.97 Å². The molecule has 1 heterocycles. The number of nitrogens with zero attached hydrogens (tertiary/aromatic N) is 2. The van der Waals surface area contributed by atoms with Gasteiger partial charge in [-0.15, -0.1) is 0 Å². The molecule has 2 aliphatic rings.